The number of fused-ring (bicyclic) bond motifs is 1. The van der Waals surface area contributed by atoms with E-state index in [0.717, 1.165) is 26.6 Å². The quantitative estimate of drug-likeness (QED) is 0.404. The summed E-state index contributed by atoms with van der Waals surface area (Å²) in [6.07, 6.45) is 0. The lowest BCUT2D eigenvalue weighted by Crippen LogP contribution is -2.21. The molecule has 7 nitrogen and oxygen atoms in total. The molecule has 0 atom stereocenters. The lowest BCUT2D eigenvalue weighted by atomic mass is 10.3. The van der Waals surface area contributed by atoms with Crippen molar-refractivity contribution < 1.29 is 14.1 Å². The van der Waals surface area contributed by atoms with E-state index in [-0.39, 0.29) is 22.3 Å². The first-order chi connectivity index (χ1) is 12.6. The molecular weight excluding hydrogens is 374 g/mol. The number of hydrogen-bond acceptors (Lipinski definition) is 7. The van der Waals surface area contributed by atoms with Gasteiger partial charge in [0.25, 0.3) is 5.91 Å². The second-order valence-electron chi connectivity index (χ2n) is 5.33. The first-order valence-electron chi connectivity index (χ1n) is 7.57. The Hall–Kier alpha value is -3.04. The van der Waals surface area contributed by atoms with Crippen LogP contribution in [0.3, 0.4) is 0 Å². The standard InChI is InChI=1S/C17H11N3O4S2/c21-16(14-7-8-15(25-14)20(22)23)18-9-10-5-6-12(24-10)17-19-11-3-1-2-4-13(11)26-17/h1-8H,9H2,(H,18,21). The lowest BCUT2D eigenvalue weighted by molar-refractivity contribution is -0.380. The monoisotopic (exact) mass is 385 g/mol. The van der Waals surface area contributed by atoms with Crippen LogP contribution >= 0.6 is 22.7 Å². The molecule has 0 aliphatic heterocycles. The van der Waals surface area contributed by atoms with Crippen molar-refractivity contribution in [1.29, 1.82) is 0 Å². The molecule has 0 bridgehead atoms. The number of carbonyl (C=O) groups excluding carboxylic acids is 1. The number of nitrogens with one attached hydrogen (secondary N) is 1. The van der Waals surface area contributed by atoms with Crippen molar-refractivity contribution in [2.75, 3.05) is 0 Å². The number of para-hydroxylation sites is 1. The highest BCUT2D eigenvalue weighted by molar-refractivity contribution is 7.21. The van der Waals surface area contributed by atoms with Crippen molar-refractivity contribution in [3.8, 4) is 10.8 Å². The first-order valence-corrected chi connectivity index (χ1v) is 9.20. The summed E-state index contributed by atoms with van der Waals surface area (Å²) in [5, 5.41) is 14.1. The molecule has 0 unspecified atom stereocenters. The highest BCUT2D eigenvalue weighted by atomic mass is 32.1. The van der Waals surface area contributed by atoms with E-state index in [0.29, 0.717) is 11.5 Å². The van der Waals surface area contributed by atoms with Gasteiger partial charge in [0.1, 0.15) is 5.76 Å². The molecule has 0 spiro atoms. The van der Waals surface area contributed by atoms with Gasteiger partial charge >= 0.3 is 5.00 Å². The molecule has 0 saturated carbocycles. The van der Waals surface area contributed by atoms with Crippen LogP contribution in [0, 0.1) is 10.1 Å². The number of hydrogen-bond donors (Lipinski definition) is 1. The third-order valence-electron chi connectivity index (χ3n) is 3.59. The van der Waals surface area contributed by atoms with E-state index in [1.807, 2.05) is 30.3 Å². The Morgan fingerprint density at radius 2 is 2.00 bits per heavy atom. The summed E-state index contributed by atoms with van der Waals surface area (Å²) < 4.78 is 6.83. The van der Waals surface area contributed by atoms with Crippen molar-refractivity contribution in [2.45, 2.75) is 6.54 Å². The van der Waals surface area contributed by atoms with Crippen LogP contribution in [0.15, 0.2) is 52.9 Å². The molecule has 0 aliphatic rings. The van der Waals surface area contributed by atoms with Crippen LogP contribution in [0.25, 0.3) is 21.0 Å². The Morgan fingerprint density at radius 3 is 2.77 bits per heavy atom. The zero-order valence-electron chi connectivity index (χ0n) is 13.2. The maximum Gasteiger partial charge on any atom is 0.324 e. The number of nitrogens with zero attached hydrogens (tertiary/aromatic N) is 2. The molecule has 1 aromatic carbocycles. The minimum atomic E-state index is -0.516. The summed E-state index contributed by atoms with van der Waals surface area (Å²) in [6, 6.07) is 14.2. The van der Waals surface area contributed by atoms with E-state index >= 15 is 0 Å². The Labute approximate surface area is 155 Å². The van der Waals surface area contributed by atoms with Crippen molar-refractivity contribution in [3.63, 3.8) is 0 Å². The van der Waals surface area contributed by atoms with Crippen molar-refractivity contribution >= 4 is 43.8 Å². The van der Waals surface area contributed by atoms with Crippen LogP contribution in [-0.2, 0) is 6.54 Å². The minimum absolute atomic E-state index is 0.0636. The molecule has 9 heteroatoms. The van der Waals surface area contributed by atoms with Crippen LogP contribution in [0.1, 0.15) is 15.4 Å². The number of thiazole rings is 1. The van der Waals surface area contributed by atoms with E-state index in [9.17, 15) is 14.9 Å². The van der Waals surface area contributed by atoms with Crippen LogP contribution < -0.4 is 5.32 Å². The molecule has 0 radical (unpaired) electrons. The van der Waals surface area contributed by atoms with Crippen molar-refractivity contribution in [2.24, 2.45) is 0 Å². The Morgan fingerprint density at radius 1 is 1.15 bits per heavy atom. The predicted molar refractivity (Wildman–Crippen MR) is 99.5 cm³/mol. The zero-order chi connectivity index (χ0) is 18.1. The van der Waals surface area contributed by atoms with Crippen molar-refractivity contribution in [1.82, 2.24) is 10.3 Å². The molecule has 26 heavy (non-hydrogen) atoms. The van der Waals surface area contributed by atoms with Crippen molar-refractivity contribution in [3.05, 3.63) is 69.3 Å². The smallest absolute Gasteiger partial charge is 0.324 e. The summed E-state index contributed by atoms with van der Waals surface area (Å²) in [4.78, 5) is 27.1. The van der Waals surface area contributed by atoms with Gasteiger partial charge < -0.3 is 9.73 Å². The Bertz CT molecular complexity index is 1080. The zero-order valence-corrected chi connectivity index (χ0v) is 14.8. The van der Waals surface area contributed by atoms with E-state index in [1.54, 1.807) is 6.07 Å². The number of benzene rings is 1. The minimum Gasteiger partial charge on any atom is -0.457 e. The van der Waals surface area contributed by atoms with Crippen LogP contribution in [0.4, 0.5) is 5.00 Å². The fraction of sp³-hybridized carbons (Fsp3) is 0.0588. The summed E-state index contributed by atoms with van der Waals surface area (Å²) in [7, 11) is 0. The molecule has 3 heterocycles. The third-order valence-corrected chi connectivity index (χ3v) is 5.67. The number of carbonyl (C=O) groups is 1. The van der Waals surface area contributed by atoms with Gasteiger partial charge in [-0.25, -0.2) is 4.98 Å². The fourth-order valence-corrected chi connectivity index (χ4v) is 4.03. The van der Waals surface area contributed by atoms with Gasteiger partial charge in [-0.3, -0.25) is 14.9 Å². The largest absolute Gasteiger partial charge is 0.457 e. The van der Waals surface area contributed by atoms with Gasteiger partial charge in [-0.05, 0) is 30.3 Å². The summed E-state index contributed by atoms with van der Waals surface area (Å²) >= 11 is 2.37. The fourth-order valence-electron chi connectivity index (χ4n) is 2.37. The van der Waals surface area contributed by atoms with Crippen LogP contribution in [0.2, 0.25) is 0 Å². The highest BCUT2D eigenvalue weighted by Gasteiger charge is 2.16. The van der Waals surface area contributed by atoms with Crippen LogP contribution in [0.5, 0.6) is 0 Å². The molecule has 3 aromatic heterocycles. The Balaban J connectivity index is 1.44. The molecule has 0 aliphatic carbocycles. The van der Waals surface area contributed by atoms with Gasteiger partial charge in [-0.15, -0.1) is 11.3 Å². The van der Waals surface area contributed by atoms with Gasteiger partial charge in [0.05, 0.1) is 26.6 Å². The molecular formula is C17H11N3O4S2. The molecule has 4 rings (SSSR count). The average Bonchev–Trinajstić information content (AvgIpc) is 3.37. The van der Waals surface area contributed by atoms with E-state index < -0.39 is 4.92 Å². The summed E-state index contributed by atoms with van der Waals surface area (Å²) in [5.74, 6) is 0.849. The summed E-state index contributed by atoms with van der Waals surface area (Å²) in [5.41, 5.74) is 0.915. The number of aromatic nitrogens is 1. The molecule has 0 fully saturated rings. The van der Waals surface area contributed by atoms with Gasteiger partial charge in [0.15, 0.2) is 10.8 Å². The van der Waals surface area contributed by atoms with Gasteiger partial charge in [-0.2, -0.15) is 0 Å². The number of furan rings is 1. The Kier molecular flexibility index (Phi) is 4.23. The van der Waals surface area contributed by atoms with Crippen LogP contribution in [-0.4, -0.2) is 15.8 Å². The molecule has 4 aromatic rings. The second-order valence-corrected chi connectivity index (χ2v) is 7.42. The summed E-state index contributed by atoms with van der Waals surface area (Å²) in [6.45, 7) is 0.190. The maximum atomic E-state index is 12.1. The SMILES string of the molecule is O=C(NCc1ccc(-c2nc3ccccc3s2)o1)c1ccc([N+](=O)[O-])s1. The first kappa shape index (κ1) is 16.4. The lowest BCUT2D eigenvalue weighted by Gasteiger charge is -2.00. The molecule has 1 N–H and O–H groups in total. The van der Waals surface area contributed by atoms with Gasteiger partial charge in [0.2, 0.25) is 0 Å². The number of thiophene rings is 1. The molecule has 130 valence electrons. The van der Waals surface area contributed by atoms with E-state index in [1.165, 1.54) is 23.5 Å². The van der Waals surface area contributed by atoms with Gasteiger partial charge in [-0.1, -0.05) is 23.5 Å². The van der Waals surface area contributed by atoms with E-state index in [2.05, 4.69) is 10.3 Å². The van der Waals surface area contributed by atoms with Gasteiger partial charge in [0, 0.05) is 6.07 Å². The molecule has 0 saturated heterocycles. The third kappa shape index (κ3) is 3.22. The van der Waals surface area contributed by atoms with E-state index in [4.69, 9.17) is 4.42 Å². The normalized spacial score (nSPS) is 10.9. The maximum absolute atomic E-state index is 12.1. The second kappa shape index (κ2) is 6.70. The number of rotatable bonds is 5. The molecule has 1 amide bonds. The number of nitro groups is 1. The number of amides is 1. The highest BCUT2D eigenvalue weighted by Crippen LogP contribution is 2.31. The topological polar surface area (TPSA) is 98.3 Å². The average molecular weight is 385 g/mol. The predicted octanol–water partition coefficient (Wildman–Crippen LogP) is 4.46.